The summed E-state index contributed by atoms with van der Waals surface area (Å²) in [6, 6.07) is 4.09. The number of hydrogen-bond acceptors (Lipinski definition) is 2. The zero-order valence-corrected chi connectivity index (χ0v) is 8.43. The highest BCUT2D eigenvalue weighted by molar-refractivity contribution is 7.10. The van der Waals surface area contributed by atoms with Crippen LogP contribution in [0.4, 0.5) is 0 Å². The summed E-state index contributed by atoms with van der Waals surface area (Å²) < 4.78 is 0. The third-order valence-electron chi connectivity index (χ3n) is 1.51. The molecule has 0 saturated heterocycles. The van der Waals surface area contributed by atoms with Crippen LogP contribution in [0.2, 0.25) is 0 Å². The molecule has 70 valence electrons. The monoisotopic (exact) mass is 195 g/mol. The number of rotatable bonds is 4. The van der Waals surface area contributed by atoms with E-state index in [1.165, 1.54) is 11.8 Å². The van der Waals surface area contributed by atoms with Crippen LogP contribution in [0.25, 0.3) is 6.08 Å². The number of carbonyl (C=O) groups is 1. The van der Waals surface area contributed by atoms with Crippen LogP contribution in [0, 0.1) is 0 Å². The summed E-state index contributed by atoms with van der Waals surface area (Å²) in [6.07, 6.45) is 5.03. The largest absolute Gasteiger partial charge is 0.356 e. The first-order valence-corrected chi connectivity index (χ1v) is 5.11. The van der Waals surface area contributed by atoms with Crippen molar-refractivity contribution in [2.75, 3.05) is 6.54 Å². The Balaban J connectivity index is 2.16. The molecule has 0 aromatic carbocycles. The maximum atomic E-state index is 10.5. The molecular weight excluding hydrogens is 182 g/mol. The molecule has 0 fully saturated rings. The van der Waals surface area contributed by atoms with Gasteiger partial charge in [-0.25, -0.2) is 0 Å². The maximum absolute atomic E-state index is 10.5. The zero-order valence-electron chi connectivity index (χ0n) is 7.62. The molecule has 0 saturated carbocycles. The van der Waals surface area contributed by atoms with Gasteiger partial charge in [-0.05, 0) is 23.9 Å². The standard InChI is InChI=1S/C10H13NOS/c1-9(12)11-7-3-2-5-10-6-4-8-13-10/h2,4-6,8H,3,7H2,1H3,(H,11,12). The Bertz CT molecular complexity index is 277. The second-order valence-electron chi connectivity index (χ2n) is 2.69. The van der Waals surface area contributed by atoms with Gasteiger partial charge in [0.25, 0.3) is 0 Å². The normalized spacial score (nSPS) is 10.5. The molecule has 0 spiro atoms. The Kier molecular flexibility index (Phi) is 4.26. The van der Waals surface area contributed by atoms with Gasteiger partial charge in [0.15, 0.2) is 0 Å². The van der Waals surface area contributed by atoms with E-state index < -0.39 is 0 Å². The SMILES string of the molecule is CC(=O)NCCC=Cc1cccs1. The van der Waals surface area contributed by atoms with Crippen LogP contribution in [0.5, 0.6) is 0 Å². The molecule has 0 atom stereocenters. The Hall–Kier alpha value is -1.09. The quantitative estimate of drug-likeness (QED) is 0.734. The van der Waals surface area contributed by atoms with Crippen LogP contribution in [0.3, 0.4) is 0 Å². The molecule has 1 heterocycles. The average molecular weight is 195 g/mol. The van der Waals surface area contributed by atoms with Gasteiger partial charge in [0.1, 0.15) is 0 Å². The Morgan fingerprint density at radius 2 is 2.54 bits per heavy atom. The number of nitrogens with one attached hydrogen (secondary N) is 1. The molecule has 0 aliphatic rings. The van der Waals surface area contributed by atoms with Crippen molar-refractivity contribution in [1.29, 1.82) is 0 Å². The molecule has 1 N–H and O–H groups in total. The fourth-order valence-electron chi connectivity index (χ4n) is 0.917. The number of carbonyl (C=O) groups excluding carboxylic acids is 1. The lowest BCUT2D eigenvalue weighted by Crippen LogP contribution is -2.20. The van der Waals surface area contributed by atoms with E-state index >= 15 is 0 Å². The Labute approximate surface area is 82.3 Å². The number of amides is 1. The number of hydrogen-bond donors (Lipinski definition) is 1. The summed E-state index contributed by atoms with van der Waals surface area (Å²) in [6.45, 7) is 2.25. The average Bonchev–Trinajstić information content (AvgIpc) is 2.55. The minimum Gasteiger partial charge on any atom is -0.356 e. The zero-order chi connectivity index (χ0) is 9.52. The van der Waals surface area contributed by atoms with E-state index in [-0.39, 0.29) is 5.91 Å². The second-order valence-corrected chi connectivity index (χ2v) is 3.67. The molecule has 0 unspecified atom stereocenters. The molecule has 0 radical (unpaired) electrons. The van der Waals surface area contributed by atoms with E-state index in [1.54, 1.807) is 11.3 Å². The summed E-state index contributed by atoms with van der Waals surface area (Å²) in [5.41, 5.74) is 0. The van der Waals surface area contributed by atoms with Crippen LogP contribution in [0.1, 0.15) is 18.2 Å². The fourth-order valence-corrected chi connectivity index (χ4v) is 1.56. The van der Waals surface area contributed by atoms with Gasteiger partial charge in [0.05, 0.1) is 0 Å². The maximum Gasteiger partial charge on any atom is 0.216 e. The molecule has 1 amide bonds. The third-order valence-corrected chi connectivity index (χ3v) is 2.35. The molecule has 0 bridgehead atoms. The molecule has 3 heteroatoms. The predicted octanol–water partition coefficient (Wildman–Crippen LogP) is 2.29. The van der Waals surface area contributed by atoms with Gasteiger partial charge < -0.3 is 5.32 Å². The van der Waals surface area contributed by atoms with Crippen LogP contribution in [-0.2, 0) is 4.79 Å². The third kappa shape index (κ3) is 4.48. The van der Waals surface area contributed by atoms with Gasteiger partial charge in [-0.3, -0.25) is 4.79 Å². The summed E-state index contributed by atoms with van der Waals surface area (Å²) in [4.78, 5) is 11.8. The van der Waals surface area contributed by atoms with E-state index in [9.17, 15) is 4.79 Å². The molecule has 1 aromatic heterocycles. The van der Waals surface area contributed by atoms with E-state index in [1.807, 2.05) is 11.4 Å². The lowest BCUT2D eigenvalue weighted by Gasteiger charge is -1.95. The van der Waals surface area contributed by atoms with Gasteiger partial charge in [-0.15, -0.1) is 11.3 Å². The van der Waals surface area contributed by atoms with E-state index in [0.29, 0.717) is 0 Å². The molecule has 0 aliphatic heterocycles. The first-order valence-electron chi connectivity index (χ1n) is 4.23. The molecule has 2 nitrogen and oxygen atoms in total. The summed E-state index contributed by atoms with van der Waals surface area (Å²) >= 11 is 1.71. The van der Waals surface area contributed by atoms with Crippen molar-refractivity contribution in [3.8, 4) is 0 Å². The van der Waals surface area contributed by atoms with Crippen molar-refractivity contribution >= 4 is 23.3 Å². The highest BCUT2D eigenvalue weighted by atomic mass is 32.1. The molecule has 13 heavy (non-hydrogen) atoms. The first-order chi connectivity index (χ1) is 6.29. The van der Waals surface area contributed by atoms with Gasteiger partial charge in [0.2, 0.25) is 5.91 Å². The fraction of sp³-hybridized carbons (Fsp3) is 0.300. The van der Waals surface area contributed by atoms with Crippen LogP contribution in [0.15, 0.2) is 23.6 Å². The summed E-state index contributed by atoms with van der Waals surface area (Å²) in [5.74, 6) is 0.0320. The lowest BCUT2D eigenvalue weighted by molar-refractivity contribution is -0.118. The van der Waals surface area contributed by atoms with Crippen LogP contribution < -0.4 is 5.32 Å². The first kappa shape index (κ1) is 9.99. The van der Waals surface area contributed by atoms with Gasteiger partial charge in [-0.1, -0.05) is 12.1 Å². The molecular formula is C10H13NOS. The van der Waals surface area contributed by atoms with Gasteiger partial charge in [0, 0.05) is 18.3 Å². The van der Waals surface area contributed by atoms with E-state index in [0.717, 1.165) is 13.0 Å². The van der Waals surface area contributed by atoms with Crippen LogP contribution >= 0.6 is 11.3 Å². The topological polar surface area (TPSA) is 29.1 Å². The smallest absolute Gasteiger partial charge is 0.216 e. The molecule has 0 aliphatic carbocycles. The molecule has 1 aromatic rings. The van der Waals surface area contributed by atoms with Crippen molar-refractivity contribution in [2.24, 2.45) is 0 Å². The second kappa shape index (κ2) is 5.54. The lowest BCUT2D eigenvalue weighted by atomic mass is 10.3. The van der Waals surface area contributed by atoms with Crippen molar-refractivity contribution in [3.05, 3.63) is 28.5 Å². The molecule has 1 rings (SSSR count). The summed E-state index contributed by atoms with van der Waals surface area (Å²) in [5, 5.41) is 4.79. The Morgan fingerprint density at radius 3 is 3.15 bits per heavy atom. The summed E-state index contributed by atoms with van der Waals surface area (Å²) in [7, 11) is 0. The van der Waals surface area contributed by atoms with Crippen LogP contribution in [-0.4, -0.2) is 12.5 Å². The van der Waals surface area contributed by atoms with E-state index in [2.05, 4.69) is 23.5 Å². The van der Waals surface area contributed by atoms with E-state index in [4.69, 9.17) is 0 Å². The minimum absolute atomic E-state index is 0.0320. The number of thiophene rings is 1. The van der Waals surface area contributed by atoms with Crippen molar-refractivity contribution in [1.82, 2.24) is 5.32 Å². The predicted molar refractivity (Wildman–Crippen MR) is 56.7 cm³/mol. The Morgan fingerprint density at radius 1 is 1.69 bits per heavy atom. The minimum atomic E-state index is 0.0320. The van der Waals surface area contributed by atoms with Gasteiger partial charge >= 0.3 is 0 Å². The van der Waals surface area contributed by atoms with Crippen molar-refractivity contribution in [2.45, 2.75) is 13.3 Å². The van der Waals surface area contributed by atoms with Crippen molar-refractivity contribution in [3.63, 3.8) is 0 Å². The van der Waals surface area contributed by atoms with Crippen molar-refractivity contribution < 1.29 is 4.79 Å². The highest BCUT2D eigenvalue weighted by Gasteiger charge is 1.87. The van der Waals surface area contributed by atoms with Gasteiger partial charge in [-0.2, -0.15) is 0 Å². The highest BCUT2D eigenvalue weighted by Crippen LogP contribution is 2.10.